The predicted octanol–water partition coefficient (Wildman–Crippen LogP) is 3.69. The van der Waals surface area contributed by atoms with Gasteiger partial charge in [0.05, 0.1) is 11.4 Å². The van der Waals surface area contributed by atoms with Crippen LogP contribution in [0.5, 0.6) is 0 Å². The van der Waals surface area contributed by atoms with Gasteiger partial charge >= 0.3 is 0 Å². The second-order valence-corrected chi connectivity index (χ2v) is 6.38. The summed E-state index contributed by atoms with van der Waals surface area (Å²) < 4.78 is 5.58. The second kappa shape index (κ2) is 6.92. The van der Waals surface area contributed by atoms with Crippen LogP contribution in [0.1, 0.15) is 29.3 Å². The molecule has 0 saturated heterocycles. The van der Waals surface area contributed by atoms with E-state index in [1.54, 1.807) is 11.3 Å². The Labute approximate surface area is 144 Å². The Morgan fingerprint density at radius 2 is 2.12 bits per heavy atom. The molecule has 0 spiro atoms. The number of aromatic nitrogens is 3. The minimum atomic E-state index is -0.0952. The van der Waals surface area contributed by atoms with E-state index in [0.717, 1.165) is 28.2 Å². The Morgan fingerprint density at radius 1 is 1.29 bits per heavy atom. The van der Waals surface area contributed by atoms with Gasteiger partial charge in [-0.1, -0.05) is 0 Å². The molecule has 0 unspecified atom stereocenters. The van der Waals surface area contributed by atoms with Crippen LogP contribution in [-0.4, -0.2) is 21.1 Å². The highest BCUT2D eigenvalue weighted by Gasteiger charge is 2.13. The third-order valence-corrected chi connectivity index (χ3v) is 4.27. The van der Waals surface area contributed by atoms with E-state index in [4.69, 9.17) is 4.42 Å². The van der Waals surface area contributed by atoms with Crippen LogP contribution in [0.15, 0.2) is 27.3 Å². The van der Waals surface area contributed by atoms with Crippen LogP contribution in [0.25, 0.3) is 11.5 Å². The van der Waals surface area contributed by atoms with E-state index in [9.17, 15) is 4.79 Å². The van der Waals surface area contributed by atoms with Gasteiger partial charge in [-0.05, 0) is 43.8 Å². The van der Waals surface area contributed by atoms with Crippen molar-refractivity contribution in [1.29, 1.82) is 0 Å². The molecule has 0 aliphatic carbocycles. The van der Waals surface area contributed by atoms with Gasteiger partial charge in [-0.2, -0.15) is 11.3 Å². The molecule has 3 aromatic rings. The molecule has 0 radical (unpaired) electrons. The van der Waals surface area contributed by atoms with Gasteiger partial charge in [0.2, 0.25) is 17.7 Å². The summed E-state index contributed by atoms with van der Waals surface area (Å²) in [6.07, 6.45) is 0.679. The number of thiophene rings is 1. The molecule has 3 rings (SSSR count). The molecule has 1 amide bonds. The number of amides is 1. The van der Waals surface area contributed by atoms with Crippen LogP contribution >= 0.6 is 11.3 Å². The summed E-state index contributed by atoms with van der Waals surface area (Å²) in [5.41, 5.74) is 4.44. The number of aryl methyl sites for hydroxylation is 4. The quantitative estimate of drug-likeness (QED) is 0.765. The summed E-state index contributed by atoms with van der Waals surface area (Å²) >= 11 is 1.57. The Hall–Kier alpha value is -2.54. The van der Waals surface area contributed by atoms with E-state index in [0.29, 0.717) is 18.2 Å². The van der Waals surface area contributed by atoms with E-state index in [2.05, 4.69) is 20.5 Å². The lowest BCUT2D eigenvalue weighted by Gasteiger charge is -2.11. The van der Waals surface area contributed by atoms with E-state index >= 15 is 0 Å². The van der Waals surface area contributed by atoms with Gasteiger partial charge in [0.25, 0.3) is 0 Å². The van der Waals surface area contributed by atoms with Crippen molar-refractivity contribution in [1.82, 2.24) is 15.2 Å². The number of nitrogens with one attached hydrogen (secondary N) is 1. The summed E-state index contributed by atoms with van der Waals surface area (Å²) in [7, 11) is 0. The van der Waals surface area contributed by atoms with E-state index in [-0.39, 0.29) is 12.3 Å². The molecule has 24 heavy (non-hydrogen) atoms. The van der Waals surface area contributed by atoms with E-state index in [1.165, 1.54) is 0 Å². The Kier molecular flexibility index (Phi) is 4.71. The number of hydrogen-bond donors (Lipinski definition) is 1. The number of nitrogens with zero attached hydrogens (tertiary/aromatic N) is 3. The summed E-state index contributed by atoms with van der Waals surface area (Å²) in [5.74, 6) is 0.852. The number of carbonyl (C=O) groups is 1. The highest BCUT2D eigenvalue weighted by Crippen LogP contribution is 2.22. The maximum atomic E-state index is 12.2. The molecule has 7 heteroatoms. The first-order valence-corrected chi connectivity index (χ1v) is 8.57. The zero-order valence-corrected chi connectivity index (χ0v) is 14.6. The number of carbonyl (C=O) groups excluding carboxylic acids is 1. The SMILES string of the molecule is Cc1cc(C)c(NC(=O)CCc2nnc(-c3ccsc3)o2)c(C)n1. The van der Waals surface area contributed by atoms with Gasteiger partial charge in [0.15, 0.2) is 0 Å². The fourth-order valence-corrected chi connectivity index (χ4v) is 3.12. The lowest BCUT2D eigenvalue weighted by atomic mass is 10.1. The molecule has 0 aromatic carbocycles. The minimum absolute atomic E-state index is 0.0952. The summed E-state index contributed by atoms with van der Waals surface area (Å²) in [6, 6.07) is 3.87. The molecular weight excluding hydrogens is 324 g/mol. The molecule has 0 fully saturated rings. The topological polar surface area (TPSA) is 80.9 Å². The average molecular weight is 342 g/mol. The minimum Gasteiger partial charge on any atom is -0.421 e. The lowest BCUT2D eigenvalue weighted by Crippen LogP contribution is -2.15. The Morgan fingerprint density at radius 3 is 2.83 bits per heavy atom. The highest BCUT2D eigenvalue weighted by atomic mass is 32.1. The number of hydrogen-bond acceptors (Lipinski definition) is 6. The summed E-state index contributed by atoms with van der Waals surface area (Å²) in [4.78, 5) is 16.6. The molecule has 1 N–H and O–H groups in total. The number of anilines is 1. The molecular formula is C17H18N4O2S. The molecule has 124 valence electrons. The molecule has 6 nitrogen and oxygen atoms in total. The smallest absolute Gasteiger partial charge is 0.248 e. The first-order chi connectivity index (χ1) is 11.5. The van der Waals surface area contributed by atoms with Crippen LogP contribution in [0.3, 0.4) is 0 Å². The summed E-state index contributed by atoms with van der Waals surface area (Å²) in [6.45, 7) is 5.79. The van der Waals surface area contributed by atoms with Crippen molar-refractivity contribution in [2.75, 3.05) is 5.32 Å². The van der Waals surface area contributed by atoms with Crippen molar-refractivity contribution in [3.8, 4) is 11.5 Å². The fraction of sp³-hybridized carbons (Fsp3) is 0.294. The average Bonchev–Trinajstić information content (AvgIpc) is 3.19. The molecule has 0 bridgehead atoms. The third kappa shape index (κ3) is 3.68. The molecule has 0 aliphatic rings. The Bertz CT molecular complexity index is 832. The molecule has 3 aromatic heterocycles. The van der Waals surface area contributed by atoms with Crippen molar-refractivity contribution in [2.45, 2.75) is 33.6 Å². The van der Waals surface area contributed by atoms with Crippen molar-refractivity contribution in [3.05, 3.63) is 45.7 Å². The molecule has 0 atom stereocenters. The Balaban J connectivity index is 1.60. The number of pyridine rings is 1. The van der Waals surface area contributed by atoms with E-state index in [1.807, 2.05) is 43.7 Å². The van der Waals surface area contributed by atoms with Crippen LogP contribution < -0.4 is 5.32 Å². The van der Waals surface area contributed by atoms with Gasteiger partial charge in [-0.25, -0.2) is 0 Å². The molecule has 0 aliphatic heterocycles. The van der Waals surface area contributed by atoms with Crippen molar-refractivity contribution in [2.24, 2.45) is 0 Å². The van der Waals surface area contributed by atoms with Gasteiger partial charge < -0.3 is 9.73 Å². The maximum absolute atomic E-state index is 12.2. The normalized spacial score (nSPS) is 10.8. The van der Waals surface area contributed by atoms with Crippen LogP contribution in [0.2, 0.25) is 0 Å². The third-order valence-electron chi connectivity index (χ3n) is 3.59. The van der Waals surface area contributed by atoms with Crippen molar-refractivity contribution < 1.29 is 9.21 Å². The monoisotopic (exact) mass is 342 g/mol. The van der Waals surface area contributed by atoms with Crippen molar-refractivity contribution >= 4 is 22.9 Å². The van der Waals surface area contributed by atoms with Gasteiger partial charge in [0.1, 0.15) is 0 Å². The zero-order valence-electron chi connectivity index (χ0n) is 13.8. The highest BCUT2D eigenvalue weighted by molar-refractivity contribution is 7.08. The van der Waals surface area contributed by atoms with Gasteiger partial charge in [-0.3, -0.25) is 9.78 Å². The molecule has 0 saturated carbocycles. The first kappa shape index (κ1) is 16.3. The van der Waals surface area contributed by atoms with Crippen LogP contribution in [0, 0.1) is 20.8 Å². The van der Waals surface area contributed by atoms with Crippen LogP contribution in [0.4, 0.5) is 5.69 Å². The predicted molar refractivity (Wildman–Crippen MR) is 93.0 cm³/mol. The number of rotatable bonds is 5. The lowest BCUT2D eigenvalue weighted by molar-refractivity contribution is -0.116. The van der Waals surface area contributed by atoms with Gasteiger partial charge in [0, 0.05) is 29.5 Å². The largest absolute Gasteiger partial charge is 0.421 e. The van der Waals surface area contributed by atoms with Crippen LogP contribution in [-0.2, 0) is 11.2 Å². The van der Waals surface area contributed by atoms with Gasteiger partial charge in [-0.15, -0.1) is 10.2 Å². The molecule has 3 heterocycles. The second-order valence-electron chi connectivity index (χ2n) is 5.60. The first-order valence-electron chi connectivity index (χ1n) is 7.62. The summed E-state index contributed by atoms with van der Waals surface area (Å²) in [5, 5.41) is 14.8. The van der Waals surface area contributed by atoms with Crippen molar-refractivity contribution in [3.63, 3.8) is 0 Å². The fourth-order valence-electron chi connectivity index (χ4n) is 2.49. The van der Waals surface area contributed by atoms with E-state index < -0.39 is 0 Å². The maximum Gasteiger partial charge on any atom is 0.248 e. The zero-order chi connectivity index (χ0) is 17.1. The standard InChI is InChI=1S/C17H18N4O2S/c1-10-8-11(2)18-12(3)16(10)19-14(22)4-5-15-20-21-17(23-15)13-6-7-24-9-13/h6-9H,4-5H2,1-3H3,(H,19,22).